The molecule has 0 radical (unpaired) electrons. The Morgan fingerprint density at radius 3 is 2.55 bits per heavy atom. The third-order valence-electron chi connectivity index (χ3n) is 4.94. The van der Waals surface area contributed by atoms with Gasteiger partial charge in [0.1, 0.15) is 0 Å². The van der Waals surface area contributed by atoms with Gasteiger partial charge in [0, 0.05) is 24.9 Å². The summed E-state index contributed by atoms with van der Waals surface area (Å²) in [5.41, 5.74) is 3.03. The van der Waals surface area contributed by atoms with Crippen LogP contribution in [0.4, 0.5) is 10.8 Å². The van der Waals surface area contributed by atoms with Gasteiger partial charge < -0.3 is 5.32 Å². The normalized spacial score (nSPS) is 12.1. The molecule has 3 aromatic carbocycles. The molecule has 1 N–H and O–H groups in total. The van der Waals surface area contributed by atoms with Gasteiger partial charge in [-0.15, -0.1) is 11.3 Å². The zero-order chi connectivity index (χ0) is 20.2. The molecule has 5 heteroatoms. The number of hydrogen-bond acceptors (Lipinski definition) is 4. The Labute approximate surface area is 174 Å². The van der Waals surface area contributed by atoms with Crippen molar-refractivity contribution in [3.8, 4) is 0 Å². The van der Waals surface area contributed by atoms with E-state index in [1.165, 1.54) is 27.7 Å². The Morgan fingerprint density at radius 1 is 1.03 bits per heavy atom. The van der Waals surface area contributed by atoms with Crippen molar-refractivity contribution < 1.29 is 4.79 Å². The topological polar surface area (TPSA) is 45.2 Å². The second kappa shape index (κ2) is 8.55. The third-order valence-corrected chi connectivity index (χ3v) is 5.81. The lowest BCUT2D eigenvalue weighted by atomic mass is 10.00. The number of rotatable bonds is 6. The van der Waals surface area contributed by atoms with Gasteiger partial charge in [0.2, 0.25) is 5.91 Å². The lowest BCUT2D eigenvalue weighted by molar-refractivity contribution is -0.115. The second-order valence-corrected chi connectivity index (χ2v) is 7.82. The molecular weight excluding hydrogens is 378 g/mol. The molecule has 0 fully saturated rings. The molecule has 0 unspecified atom stereocenters. The van der Waals surface area contributed by atoms with Crippen LogP contribution in [0.3, 0.4) is 0 Å². The SMILES string of the molecule is CC(=O)N(c1ccccc1)c1nc(CN[C@@H](C)c2cccc3ccccc23)cs1. The molecule has 0 saturated carbocycles. The number of nitrogens with one attached hydrogen (secondary N) is 1. The number of hydrogen-bond donors (Lipinski definition) is 1. The van der Waals surface area contributed by atoms with Gasteiger partial charge in [-0.3, -0.25) is 9.69 Å². The smallest absolute Gasteiger partial charge is 0.230 e. The predicted molar refractivity (Wildman–Crippen MR) is 121 cm³/mol. The summed E-state index contributed by atoms with van der Waals surface area (Å²) in [5, 5.41) is 8.78. The van der Waals surface area contributed by atoms with Crippen molar-refractivity contribution in [2.75, 3.05) is 4.90 Å². The molecule has 0 aliphatic heterocycles. The molecule has 4 rings (SSSR count). The maximum Gasteiger partial charge on any atom is 0.230 e. The van der Waals surface area contributed by atoms with Gasteiger partial charge in [-0.1, -0.05) is 60.7 Å². The summed E-state index contributed by atoms with van der Waals surface area (Å²) < 4.78 is 0. The summed E-state index contributed by atoms with van der Waals surface area (Å²) >= 11 is 1.48. The summed E-state index contributed by atoms with van der Waals surface area (Å²) in [4.78, 5) is 18.6. The van der Waals surface area contributed by atoms with Crippen LogP contribution in [-0.2, 0) is 11.3 Å². The van der Waals surface area contributed by atoms with Crippen molar-refractivity contribution in [1.29, 1.82) is 0 Å². The Bertz CT molecular complexity index is 1120. The highest BCUT2D eigenvalue weighted by atomic mass is 32.1. The van der Waals surface area contributed by atoms with Crippen LogP contribution in [0.1, 0.15) is 31.1 Å². The Morgan fingerprint density at radius 2 is 1.76 bits per heavy atom. The van der Waals surface area contributed by atoms with Gasteiger partial charge in [-0.2, -0.15) is 0 Å². The standard InChI is InChI=1S/C24H23N3OS/c1-17(22-14-8-10-19-9-6-7-13-23(19)22)25-15-20-16-29-24(26-20)27(18(2)28)21-11-4-3-5-12-21/h3-14,16-17,25H,15H2,1-2H3/t17-/m0/s1. The first-order valence-corrected chi connectivity index (χ1v) is 10.5. The molecule has 4 aromatic rings. The van der Waals surface area contributed by atoms with E-state index in [-0.39, 0.29) is 11.9 Å². The highest BCUT2D eigenvalue weighted by Crippen LogP contribution is 2.29. The third kappa shape index (κ3) is 4.21. The fraction of sp³-hybridized carbons (Fsp3) is 0.167. The van der Waals surface area contributed by atoms with Crippen molar-refractivity contribution in [3.05, 3.63) is 89.4 Å². The Balaban J connectivity index is 1.50. The summed E-state index contributed by atoms with van der Waals surface area (Å²) in [7, 11) is 0. The van der Waals surface area contributed by atoms with Gasteiger partial charge in [0.25, 0.3) is 0 Å². The first-order valence-electron chi connectivity index (χ1n) is 9.64. The largest absolute Gasteiger partial charge is 0.305 e. The van der Waals surface area contributed by atoms with E-state index in [0.29, 0.717) is 11.7 Å². The van der Waals surface area contributed by atoms with Gasteiger partial charge in [-0.05, 0) is 35.4 Å². The number of anilines is 2. The molecule has 4 nitrogen and oxygen atoms in total. The minimum absolute atomic E-state index is 0.0471. The predicted octanol–water partition coefficient (Wildman–Crippen LogP) is 5.83. The van der Waals surface area contributed by atoms with Crippen LogP contribution in [0.25, 0.3) is 10.8 Å². The van der Waals surface area contributed by atoms with Crippen molar-refractivity contribution in [2.24, 2.45) is 0 Å². The van der Waals surface area contributed by atoms with Gasteiger partial charge in [0.15, 0.2) is 5.13 Å². The fourth-order valence-corrected chi connectivity index (χ4v) is 4.37. The zero-order valence-corrected chi connectivity index (χ0v) is 17.3. The maximum atomic E-state index is 12.2. The number of nitrogens with zero attached hydrogens (tertiary/aromatic N) is 2. The summed E-state index contributed by atoms with van der Waals surface area (Å²) in [6, 6.07) is 24.6. The summed E-state index contributed by atoms with van der Waals surface area (Å²) in [5.74, 6) is -0.0471. The van der Waals surface area contributed by atoms with Crippen molar-refractivity contribution in [3.63, 3.8) is 0 Å². The summed E-state index contributed by atoms with van der Waals surface area (Å²) in [6.45, 7) is 4.37. The molecule has 1 aromatic heterocycles. The highest BCUT2D eigenvalue weighted by Gasteiger charge is 2.18. The van der Waals surface area contributed by atoms with Crippen LogP contribution < -0.4 is 10.2 Å². The van der Waals surface area contributed by atoms with E-state index < -0.39 is 0 Å². The lowest BCUT2D eigenvalue weighted by Gasteiger charge is -2.18. The molecule has 0 saturated heterocycles. The quantitative estimate of drug-likeness (QED) is 0.442. The van der Waals surface area contributed by atoms with Crippen LogP contribution in [0.15, 0.2) is 78.2 Å². The van der Waals surface area contributed by atoms with Crippen LogP contribution >= 0.6 is 11.3 Å². The van der Waals surface area contributed by atoms with E-state index in [1.54, 1.807) is 11.8 Å². The number of thiazole rings is 1. The first-order chi connectivity index (χ1) is 14.1. The second-order valence-electron chi connectivity index (χ2n) is 6.98. The minimum atomic E-state index is -0.0471. The molecular formula is C24H23N3OS. The van der Waals surface area contributed by atoms with Crippen LogP contribution in [-0.4, -0.2) is 10.9 Å². The molecule has 0 spiro atoms. The highest BCUT2D eigenvalue weighted by molar-refractivity contribution is 7.14. The van der Waals surface area contributed by atoms with Crippen molar-refractivity contribution in [2.45, 2.75) is 26.4 Å². The molecule has 0 bridgehead atoms. The Hall–Kier alpha value is -3.02. The molecule has 1 heterocycles. The molecule has 1 amide bonds. The number of aromatic nitrogens is 1. The van der Waals surface area contributed by atoms with E-state index in [1.807, 2.05) is 35.7 Å². The van der Waals surface area contributed by atoms with Crippen LogP contribution in [0, 0.1) is 0 Å². The number of fused-ring (bicyclic) bond motifs is 1. The molecule has 29 heavy (non-hydrogen) atoms. The molecule has 0 aliphatic rings. The fourth-order valence-electron chi connectivity index (χ4n) is 3.48. The minimum Gasteiger partial charge on any atom is -0.305 e. The lowest BCUT2D eigenvalue weighted by Crippen LogP contribution is -2.23. The number of benzene rings is 3. The van der Waals surface area contributed by atoms with Crippen LogP contribution in [0.2, 0.25) is 0 Å². The monoisotopic (exact) mass is 401 g/mol. The number of carbonyl (C=O) groups is 1. The van der Waals surface area contributed by atoms with Gasteiger partial charge >= 0.3 is 0 Å². The average molecular weight is 402 g/mol. The maximum absolute atomic E-state index is 12.2. The van der Waals surface area contributed by atoms with E-state index in [9.17, 15) is 4.79 Å². The van der Waals surface area contributed by atoms with E-state index in [0.717, 1.165) is 11.4 Å². The molecule has 1 atom stereocenters. The number of carbonyl (C=O) groups excluding carboxylic acids is 1. The van der Waals surface area contributed by atoms with Crippen LogP contribution in [0.5, 0.6) is 0 Å². The first kappa shape index (κ1) is 19.3. The van der Waals surface area contributed by atoms with Crippen molar-refractivity contribution >= 4 is 38.8 Å². The molecule has 146 valence electrons. The average Bonchev–Trinajstić information content (AvgIpc) is 3.20. The number of amides is 1. The van der Waals surface area contributed by atoms with E-state index in [4.69, 9.17) is 4.98 Å². The van der Waals surface area contributed by atoms with Gasteiger partial charge in [-0.25, -0.2) is 4.98 Å². The van der Waals surface area contributed by atoms with Gasteiger partial charge in [0.05, 0.1) is 11.4 Å². The Kier molecular flexibility index (Phi) is 5.69. The molecule has 0 aliphatic carbocycles. The zero-order valence-electron chi connectivity index (χ0n) is 16.5. The summed E-state index contributed by atoms with van der Waals surface area (Å²) in [6.07, 6.45) is 0. The number of para-hydroxylation sites is 1. The van der Waals surface area contributed by atoms with E-state index in [2.05, 4.69) is 54.7 Å². The van der Waals surface area contributed by atoms with Crippen molar-refractivity contribution in [1.82, 2.24) is 10.3 Å². The van der Waals surface area contributed by atoms with E-state index >= 15 is 0 Å².